The Morgan fingerprint density at radius 1 is 1.15 bits per heavy atom. The number of anilines is 1. The van der Waals surface area contributed by atoms with Gasteiger partial charge in [-0.2, -0.15) is 0 Å². The van der Waals surface area contributed by atoms with E-state index in [1.54, 1.807) is 6.07 Å². The van der Waals surface area contributed by atoms with Gasteiger partial charge in [0.1, 0.15) is 0 Å². The molecule has 2 aromatic rings. The molecule has 0 spiro atoms. The fourth-order valence-corrected chi connectivity index (χ4v) is 2.66. The highest BCUT2D eigenvalue weighted by Gasteiger charge is 2.14. The van der Waals surface area contributed by atoms with Crippen LogP contribution in [0, 0.1) is 12.7 Å². The van der Waals surface area contributed by atoms with Crippen LogP contribution in [0.15, 0.2) is 40.9 Å². The summed E-state index contributed by atoms with van der Waals surface area (Å²) in [4.78, 5) is 1.91. The maximum Gasteiger partial charge on any atom is 0.160 e. The van der Waals surface area contributed by atoms with Gasteiger partial charge in [0, 0.05) is 20.1 Å². The van der Waals surface area contributed by atoms with Crippen molar-refractivity contribution >= 4 is 21.6 Å². The summed E-state index contributed by atoms with van der Waals surface area (Å²) in [5.74, 6) is -0.260. The number of halogens is 2. The van der Waals surface area contributed by atoms with Gasteiger partial charge in [-0.15, -0.1) is 0 Å². The van der Waals surface area contributed by atoms with E-state index in [1.807, 2.05) is 30.1 Å². The average molecular weight is 337 g/mol. The fourth-order valence-electron chi connectivity index (χ4n) is 2.16. The predicted octanol–water partition coefficient (Wildman–Crippen LogP) is 3.99. The van der Waals surface area contributed by atoms with Crippen molar-refractivity contribution in [3.05, 3.63) is 63.4 Å². The van der Waals surface area contributed by atoms with Crippen LogP contribution in [0.1, 0.15) is 16.7 Å². The summed E-state index contributed by atoms with van der Waals surface area (Å²) in [5, 5.41) is 0. The van der Waals surface area contributed by atoms with Crippen molar-refractivity contribution in [3.63, 3.8) is 0 Å². The van der Waals surface area contributed by atoms with E-state index in [-0.39, 0.29) is 5.82 Å². The van der Waals surface area contributed by atoms with Crippen molar-refractivity contribution in [3.8, 4) is 0 Å². The van der Waals surface area contributed by atoms with Crippen molar-refractivity contribution in [2.45, 2.75) is 20.0 Å². The van der Waals surface area contributed by atoms with Crippen LogP contribution in [-0.4, -0.2) is 7.05 Å². The summed E-state index contributed by atoms with van der Waals surface area (Å²) in [5.41, 5.74) is 9.31. The Kier molecular flexibility index (Phi) is 4.78. The maximum atomic E-state index is 14.4. The van der Waals surface area contributed by atoms with Crippen LogP contribution in [0.3, 0.4) is 0 Å². The molecule has 0 aliphatic rings. The van der Waals surface area contributed by atoms with E-state index in [1.165, 1.54) is 11.1 Å². The summed E-state index contributed by atoms with van der Waals surface area (Å²) >= 11 is 3.28. The van der Waals surface area contributed by atoms with Gasteiger partial charge < -0.3 is 10.6 Å². The first-order valence-corrected chi connectivity index (χ1v) is 7.26. The lowest BCUT2D eigenvalue weighted by molar-refractivity contribution is 0.613. The molecule has 0 fully saturated rings. The van der Waals surface area contributed by atoms with Crippen LogP contribution in [0.2, 0.25) is 0 Å². The zero-order valence-corrected chi connectivity index (χ0v) is 13.2. The Morgan fingerprint density at radius 2 is 1.85 bits per heavy atom. The largest absolute Gasteiger partial charge is 0.368 e. The normalized spacial score (nSPS) is 10.7. The molecule has 0 atom stereocenters. The van der Waals surface area contributed by atoms with Gasteiger partial charge in [0.05, 0.1) is 10.2 Å². The van der Waals surface area contributed by atoms with Crippen LogP contribution < -0.4 is 10.6 Å². The number of nitrogens with zero attached hydrogens (tertiary/aromatic N) is 1. The molecule has 0 bridgehead atoms. The molecule has 2 N–H and O–H groups in total. The number of hydrogen-bond donors (Lipinski definition) is 1. The van der Waals surface area contributed by atoms with E-state index in [2.05, 4.69) is 35.0 Å². The lowest BCUT2D eigenvalue weighted by atomic mass is 10.1. The van der Waals surface area contributed by atoms with Crippen molar-refractivity contribution < 1.29 is 4.39 Å². The summed E-state index contributed by atoms with van der Waals surface area (Å²) in [6, 6.07) is 11.8. The number of benzene rings is 2. The van der Waals surface area contributed by atoms with E-state index < -0.39 is 0 Å². The number of rotatable bonds is 4. The number of hydrogen-bond acceptors (Lipinski definition) is 2. The molecule has 2 rings (SSSR count). The van der Waals surface area contributed by atoms with Gasteiger partial charge in [0.2, 0.25) is 0 Å². The third kappa shape index (κ3) is 3.02. The first kappa shape index (κ1) is 15.0. The van der Waals surface area contributed by atoms with Gasteiger partial charge in [-0.05, 0) is 45.6 Å². The molecule has 0 saturated heterocycles. The van der Waals surface area contributed by atoms with Crippen molar-refractivity contribution in [2.75, 3.05) is 11.9 Å². The van der Waals surface area contributed by atoms with Crippen LogP contribution in [0.5, 0.6) is 0 Å². The van der Waals surface area contributed by atoms with E-state index in [9.17, 15) is 4.39 Å². The highest BCUT2D eigenvalue weighted by Crippen LogP contribution is 2.29. The molecule has 0 amide bonds. The molecular formula is C16H18BrFN2. The Labute approximate surface area is 127 Å². The first-order valence-electron chi connectivity index (χ1n) is 6.47. The van der Waals surface area contributed by atoms with Crippen molar-refractivity contribution in [1.29, 1.82) is 0 Å². The Bertz CT molecular complexity index is 613. The van der Waals surface area contributed by atoms with E-state index in [0.29, 0.717) is 23.2 Å². The van der Waals surface area contributed by atoms with Gasteiger partial charge in [0.15, 0.2) is 5.82 Å². The van der Waals surface area contributed by atoms with Gasteiger partial charge in [-0.25, -0.2) is 4.39 Å². The monoisotopic (exact) mass is 336 g/mol. The predicted molar refractivity (Wildman–Crippen MR) is 85.3 cm³/mol. The van der Waals surface area contributed by atoms with Crippen LogP contribution in [-0.2, 0) is 13.1 Å². The lowest BCUT2D eigenvalue weighted by Crippen LogP contribution is -2.19. The minimum Gasteiger partial charge on any atom is -0.368 e. The Balaban J connectivity index is 2.28. The quantitative estimate of drug-likeness (QED) is 0.914. The van der Waals surface area contributed by atoms with Crippen LogP contribution in [0.25, 0.3) is 0 Å². The molecule has 4 heteroatoms. The SMILES string of the molecule is Cc1ccccc1CN(C)c1ccc(CN)c(Br)c1F. The van der Waals surface area contributed by atoms with Crippen molar-refractivity contribution in [1.82, 2.24) is 0 Å². The topological polar surface area (TPSA) is 29.3 Å². The zero-order valence-electron chi connectivity index (χ0n) is 11.7. The highest BCUT2D eigenvalue weighted by molar-refractivity contribution is 9.10. The van der Waals surface area contributed by atoms with Crippen LogP contribution in [0.4, 0.5) is 10.1 Å². The Morgan fingerprint density at radius 3 is 2.50 bits per heavy atom. The second-order valence-corrected chi connectivity index (χ2v) is 5.65. The molecule has 0 heterocycles. The molecule has 2 nitrogen and oxygen atoms in total. The van der Waals surface area contributed by atoms with Gasteiger partial charge >= 0.3 is 0 Å². The van der Waals surface area contributed by atoms with E-state index in [0.717, 1.165) is 5.56 Å². The molecule has 0 aromatic heterocycles. The van der Waals surface area contributed by atoms with Crippen LogP contribution >= 0.6 is 15.9 Å². The minimum absolute atomic E-state index is 0.260. The molecule has 2 aromatic carbocycles. The van der Waals surface area contributed by atoms with Crippen molar-refractivity contribution in [2.24, 2.45) is 5.73 Å². The zero-order chi connectivity index (χ0) is 14.7. The summed E-state index contributed by atoms with van der Waals surface area (Å²) in [7, 11) is 1.89. The van der Waals surface area contributed by atoms with Gasteiger partial charge in [-0.1, -0.05) is 30.3 Å². The summed E-state index contributed by atoms with van der Waals surface area (Å²) in [6.45, 7) is 3.05. The summed E-state index contributed by atoms with van der Waals surface area (Å²) < 4.78 is 14.8. The molecule has 106 valence electrons. The molecule has 0 aliphatic heterocycles. The third-order valence-corrected chi connectivity index (χ3v) is 4.30. The van der Waals surface area contributed by atoms with E-state index in [4.69, 9.17) is 5.73 Å². The Hall–Kier alpha value is -1.39. The maximum absolute atomic E-state index is 14.4. The molecule has 0 radical (unpaired) electrons. The number of nitrogens with two attached hydrogens (primary N) is 1. The standard InChI is InChI=1S/C16H18BrFN2/c1-11-5-3-4-6-13(11)10-20(2)14-8-7-12(9-19)15(17)16(14)18/h3-8H,9-10,19H2,1-2H3. The lowest BCUT2D eigenvalue weighted by Gasteiger charge is -2.22. The second-order valence-electron chi connectivity index (χ2n) is 4.86. The number of aryl methyl sites for hydroxylation is 1. The smallest absolute Gasteiger partial charge is 0.160 e. The molecule has 0 aliphatic carbocycles. The van der Waals surface area contributed by atoms with Gasteiger partial charge in [-0.3, -0.25) is 0 Å². The highest BCUT2D eigenvalue weighted by atomic mass is 79.9. The molecule has 20 heavy (non-hydrogen) atoms. The first-order chi connectivity index (χ1) is 9.54. The average Bonchev–Trinajstić information content (AvgIpc) is 2.44. The minimum atomic E-state index is -0.260. The third-order valence-electron chi connectivity index (χ3n) is 3.44. The molecule has 0 saturated carbocycles. The fraction of sp³-hybridized carbons (Fsp3) is 0.250. The van der Waals surface area contributed by atoms with Gasteiger partial charge in [0.25, 0.3) is 0 Å². The molecular weight excluding hydrogens is 319 g/mol. The van der Waals surface area contributed by atoms with E-state index >= 15 is 0 Å². The summed E-state index contributed by atoms with van der Waals surface area (Å²) in [6.07, 6.45) is 0. The second kappa shape index (κ2) is 6.37. The molecule has 0 unspecified atom stereocenters.